The van der Waals surface area contributed by atoms with E-state index in [1.165, 1.54) is 29.7 Å². The lowest BCUT2D eigenvalue weighted by atomic mass is 9.72. The first-order chi connectivity index (χ1) is 13.2. The van der Waals surface area contributed by atoms with Crippen LogP contribution in [0, 0.1) is 5.41 Å². The fraction of sp³-hybridized carbons (Fsp3) is 0.571. The number of amides is 1. The minimum absolute atomic E-state index is 0.253. The molecule has 1 amide bonds. The molecule has 5 nitrogen and oxygen atoms in total. The van der Waals surface area contributed by atoms with Gasteiger partial charge in [0.15, 0.2) is 0 Å². The predicted molar refractivity (Wildman–Crippen MR) is 107 cm³/mol. The van der Waals surface area contributed by atoms with Crippen molar-refractivity contribution in [1.29, 1.82) is 0 Å². The van der Waals surface area contributed by atoms with Crippen molar-refractivity contribution in [2.75, 3.05) is 31.1 Å². The third-order valence-electron chi connectivity index (χ3n) is 6.57. The fourth-order valence-corrected chi connectivity index (χ4v) is 6.24. The first-order valence-electron chi connectivity index (χ1n) is 10.2. The Bertz CT molecular complexity index is 804. The maximum atomic E-state index is 13.0. The van der Waals surface area contributed by atoms with Gasteiger partial charge in [-0.2, -0.15) is 0 Å². The number of hydrogen-bond donors (Lipinski definition) is 0. The van der Waals surface area contributed by atoms with Crippen LogP contribution >= 0.6 is 11.3 Å². The highest BCUT2D eigenvalue weighted by Crippen LogP contribution is 2.41. The van der Waals surface area contributed by atoms with Gasteiger partial charge in [-0.1, -0.05) is 0 Å². The van der Waals surface area contributed by atoms with Crippen LogP contribution in [-0.4, -0.2) is 47.0 Å². The Kier molecular flexibility index (Phi) is 4.38. The van der Waals surface area contributed by atoms with Crippen LogP contribution in [0.5, 0.6) is 0 Å². The Morgan fingerprint density at radius 2 is 1.85 bits per heavy atom. The predicted octanol–water partition coefficient (Wildman–Crippen LogP) is 3.55. The van der Waals surface area contributed by atoms with Gasteiger partial charge in [0.25, 0.3) is 5.91 Å². The van der Waals surface area contributed by atoms with Gasteiger partial charge in [0.05, 0.1) is 4.88 Å². The van der Waals surface area contributed by atoms with E-state index < -0.39 is 0 Å². The third-order valence-corrected chi connectivity index (χ3v) is 7.79. The summed E-state index contributed by atoms with van der Waals surface area (Å²) in [5.74, 6) is 1.10. The number of hydrogen-bond acceptors (Lipinski definition) is 5. The molecule has 0 radical (unpaired) electrons. The Labute approximate surface area is 164 Å². The molecule has 6 heteroatoms. The van der Waals surface area contributed by atoms with Gasteiger partial charge in [-0.15, -0.1) is 11.3 Å². The number of piperidine rings is 2. The zero-order valence-electron chi connectivity index (χ0n) is 15.7. The van der Waals surface area contributed by atoms with E-state index in [0.717, 1.165) is 62.7 Å². The molecule has 142 valence electrons. The van der Waals surface area contributed by atoms with Gasteiger partial charge in [-0.25, -0.2) is 9.97 Å². The van der Waals surface area contributed by atoms with E-state index in [-0.39, 0.29) is 5.91 Å². The monoisotopic (exact) mass is 382 g/mol. The average molecular weight is 383 g/mol. The quantitative estimate of drug-likeness (QED) is 0.797. The van der Waals surface area contributed by atoms with E-state index >= 15 is 0 Å². The highest BCUT2D eigenvalue weighted by atomic mass is 32.1. The molecule has 2 fully saturated rings. The number of aryl methyl sites for hydroxylation is 2. The average Bonchev–Trinajstić information content (AvgIpc) is 3.31. The van der Waals surface area contributed by atoms with Gasteiger partial charge in [0.2, 0.25) is 5.95 Å². The number of thiophene rings is 1. The normalized spacial score (nSPS) is 21.5. The first-order valence-corrected chi connectivity index (χ1v) is 11.0. The summed E-state index contributed by atoms with van der Waals surface area (Å²) in [5, 5.41) is 0. The van der Waals surface area contributed by atoms with Crippen LogP contribution in [0.4, 0.5) is 5.95 Å². The molecule has 0 unspecified atom stereocenters. The summed E-state index contributed by atoms with van der Waals surface area (Å²) in [5.41, 5.74) is 1.73. The lowest BCUT2D eigenvalue weighted by Gasteiger charge is -2.47. The second-order valence-corrected chi connectivity index (χ2v) is 9.42. The molecule has 0 saturated carbocycles. The van der Waals surface area contributed by atoms with Gasteiger partial charge >= 0.3 is 0 Å². The van der Waals surface area contributed by atoms with Crippen molar-refractivity contribution >= 4 is 23.2 Å². The van der Waals surface area contributed by atoms with Crippen molar-refractivity contribution in [1.82, 2.24) is 14.9 Å². The molecule has 5 rings (SSSR count). The molecule has 27 heavy (non-hydrogen) atoms. The Morgan fingerprint density at radius 1 is 1.04 bits per heavy atom. The van der Waals surface area contributed by atoms with Crippen molar-refractivity contribution in [3.8, 4) is 0 Å². The first kappa shape index (κ1) is 17.2. The zero-order chi connectivity index (χ0) is 18.3. The van der Waals surface area contributed by atoms with E-state index in [1.54, 1.807) is 11.3 Å². The van der Waals surface area contributed by atoms with Crippen molar-refractivity contribution in [3.05, 3.63) is 39.8 Å². The molecule has 0 aromatic carbocycles. The number of nitrogens with zero attached hydrogens (tertiary/aromatic N) is 4. The van der Waals surface area contributed by atoms with Crippen molar-refractivity contribution in [3.63, 3.8) is 0 Å². The molecule has 3 aliphatic rings. The number of carbonyl (C=O) groups excluding carboxylic acids is 1. The number of anilines is 1. The number of aromatic nitrogens is 2. The molecule has 2 aromatic rings. The SMILES string of the molecule is O=C(c1cc2c(s1)CCC2)N1CCC2(CCCN(c3ncccn3)C2)CC1. The van der Waals surface area contributed by atoms with E-state index in [1.807, 2.05) is 18.5 Å². The molecular weight excluding hydrogens is 356 g/mol. The number of fused-ring (bicyclic) bond motifs is 1. The standard InChI is InChI=1S/C21H26N4OS/c26-19(18-14-16-4-1-5-17(16)27-18)24-12-7-21(8-13-24)6-2-11-25(15-21)20-22-9-3-10-23-20/h3,9-10,14H,1-2,4-8,11-13,15H2. The summed E-state index contributed by atoms with van der Waals surface area (Å²) >= 11 is 1.73. The Hall–Kier alpha value is -1.95. The summed E-state index contributed by atoms with van der Waals surface area (Å²) in [4.78, 5) is 28.7. The molecule has 2 aliphatic heterocycles. The van der Waals surface area contributed by atoms with Gasteiger partial charge in [0.1, 0.15) is 0 Å². The van der Waals surface area contributed by atoms with Gasteiger partial charge < -0.3 is 9.80 Å². The van der Waals surface area contributed by atoms with Crippen LogP contribution in [0.15, 0.2) is 24.5 Å². The van der Waals surface area contributed by atoms with Crippen LogP contribution < -0.4 is 4.90 Å². The van der Waals surface area contributed by atoms with Gasteiger partial charge in [-0.3, -0.25) is 4.79 Å². The number of carbonyl (C=O) groups is 1. The maximum absolute atomic E-state index is 13.0. The van der Waals surface area contributed by atoms with E-state index in [9.17, 15) is 4.79 Å². The molecule has 2 saturated heterocycles. The van der Waals surface area contributed by atoms with Gasteiger partial charge in [-0.05, 0) is 68.1 Å². The molecule has 4 heterocycles. The Morgan fingerprint density at radius 3 is 2.63 bits per heavy atom. The molecule has 0 N–H and O–H groups in total. The van der Waals surface area contributed by atoms with E-state index in [2.05, 4.69) is 25.8 Å². The largest absolute Gasteiger partial charge is 0.340 e. The summed E-state index contributed by atoms with van der Waals surface area (Å²) < 4.78 is 0. The highest BCUT2D eigenvalue weighted by molar-refractivity contribution is 7.14. The summed E-state index contributed by atoms with van der Waals surface area (Å²) in [6.45, 7) is 3.82. The lowest BCUT2D eigenvalue weighted by Crippen LogP contribution is -2.51. The molecule has 2 aromatic heterocycles. The fourth-order valence-electron chi connectivity index (χ4n) is 5.02. The lowest BCUT2D eigenvalue weighted by molar-refractivity contribution is 0.0544. The topological polar surface area (TPSA) is 49.3 Å². The minimum atomic E-state index is 0.253. The van der Waals surface area contributed by atoms with E-state index in [0.29, 0.717) is 5.41 Å². The molecule has 0 bridgehead atoms. The summed E-state index contributed by atoms with van der Waals surface area (Å²) in [6, 6.07) is 4.03. The minimum Gasteiger partial charge on any atom is -0.340 e. The second kappa shape index (κ2) is 6.89. The van der Waals surface area contributed by atoms with Crippen molar-refractivity contribution in [2.24, 2.45) is 5.41 Å². The highest BCUT2D eigenvalue weighted by Gasteiger charge is 2.40. The molecule has 1 aliphatic carbocycles. The molecule has 1 spiro atoms. The zero-order valence-corrected chi connectivity index (χ0v) is 16.5. The molecule has 0 atom stereocenters. The second-order valence-electron chi connectivity index (χ2n) is 8.28. The smallest absolute Gasteiger partial charge is 0.263 e. The Balaban J connectivity index is 1.24. The number of rotatable bonds is 2. The maximum Gasteiger partial charge on any atom is 0.263 e. The van der Waals surface area contributed by atoms with Crippen LogP contribution in [0.25, 0.3) is 0 Å². The molecular formula is C21H26N4OS. The van der Waals surface area contributed by atoms with Crippen molar-refractivity contribution < 1.29 is 4.79 Å². The van der Waals surface area contributed by atoms with Crippen LogP contribution in [0.3, 0.4) is 0 Å². The third kappa shape index (κ3) is 3.24. The van der Waals surface area contributed by atoms with Crippen LogP contribution in [0.1, 0.15) is 52.2 Å². The summed E-state index contributed by atoms with van der Waals surface area (Å²) in [7, 11) is 0. The van der Waals surface area contributed by atoms with Crippen LogP contribution in [0.2, 0.25) is 0 Å². The van der Waals surface area contributed by atoms with Gasteiger partial charge in [0, 0.05) is 43.4 Å². The van der Waals surface area contributed by atoms with E-state index in [4.69, 9.17) is 0 Å². The van der Waals surface area contributed by atoms with Crippen LogP contribution in [-0.2, 0) is 12.8 Å². The summed E-state index contributed by atoms with van der Waals surface area (Å²) in [6.07, 6.45) is 11.8. The number of likely N-dealkylation sites (tertiary alicyclic amines) is 1. The van der Waals surface area contributed by atoms with Crippen molar-refractivity contribution in [2.45, 2.75) is 44.9 Å².